The van der Waals surface area contributed by atoms with Crippen LogP contribution in [0.5, 0.6) is 5.75 Å². The van der Waals surface area contributed by atoms with Gasteiger partial charge in [-0.25, -0.2) is 4.39 Å². The SMILES string of the molecule is CC[C@H](C)NC(=O)[C@H](C)N(Cc1cccc(C)c1)C(=O)COc1ccc(F)cc1. The molecule has 0 radical (unpaired) electrons. The van der Waals surface area contributed by atoms with E-state index in [0.717, 1.165) is 17.5 Å². The topological polar surface area (TPSA) is 58.6 Å². The Bertz CT molecular complexity index is 823. The monoisotopic (exact) mass is 400 g/mol. The van der Waals surface area contributed by atoms with Gasteiger partial charge >= 0.3 is 0 Å². The molecule has 2 aromatic rings. The standard InChI is InChI=1S/C23H29FN2O3/c1-5-17(3)25-23(28)18(4)26(14-19-8-6-7-16(2)13-19)22(27)15-29-21-11-9-20(24)10-12-21/h6-13,17-18H,5,14-15H2,1-4H3,(H,25,28)/t17-,18-/m0/s1. The number of ether oxygens (including phenoxy) is 1. The predicted molar refractivity (Wildman–Crippen MR) is 111 cm³/mol. The van der Waals surface area contributed by atoms with Crippen LogP contribution < -0.4 is 10.1 Å². The van der Waals surface area contributed by atoms with E-state index in [4.69, 9.17) is 4.74 Å². The second-order valence-corrected chi connectivity index (χ2v) is 7.25. The van der Waals surface area contributed by atoms with Gasteiger partial charge in [-0.15, -0.1) is 0 Å². The first-order valence-electron chi connectivity index (χ1n) is 9.84. The van der Waals surface area contributed by atoms with Gasteiger partial charge in [-0.3, -0.25) is 9.59 Å². The number of carbonyl (C=O) groups excluding carboxylic acids is 2. The van der Waals surface area contributed by atoms with Crippen LogP contribution in [0.15, 0.2) is 48.5 Å². The molecule has 0 saturated heterocycles. The molecule has 0 saturated carbocycles. The number of nitrogens with one attached hydrogen (secondary N) is 1. The molecule has 0 aromatic heterocycles. The maximum Gasteiger partial charge on any atom is 0.261 e. The van der Waals surface area contributed by atoms with Gasteiger partial charge < -0.3 is 15.0 Å². The van der Waals surface area contributed by atoms with Crippen molar-refractivity contribution in [1.82, 2.24) is 10.2 Å². The first-order chi connectivity index (χ1) is 13.8. The van der Waals surface area contributed by atoms with E-state index >= 15 is 0 Å². The highest BCUT2D eigenvalue weighted by Gasteiger charge is 2.27. The minimum atomic E-state index is -0.658. The molecule has 6 heteroatoms. The van der Waals surface area contributed by atoms with Gasteiger partial charge in [0, 0.05) is 12.6 Å². The average molecular weight is 400 g/mol. The summed E-state index contributed by atoms with van der Waals surface area (Å²) in [6.45, 7) is 7.66. The van der Waals surface area contributed by atoms with E-state index in [1.54, 1.807) is 6.92 Å². The molecule has 2 atom stereocenters. The second kappa shape index (κ2) is 10.6. The van der Waals surface area contributed by atoms with Crippen LogP contribution in [0.1, 0.15) is 38.3 Å². The molecule has 0 fully saturated rings. The van der Waals surface area contributed by atoms with Gasteiger partial charge in [0.2, 0.25) is 5.91 Å². The zero-order chi connectivity index (χ0) is 21.4. The fraction of sp³-hybridized carbons (Fsp3) is 0.391. The van der Waals surface area contributed by atoms with E-state index in [9.17, 15) is 14.0 Å². The molecule has 2 rings (SSSR count). The first kappa shape index (κ1) is 22.4. The van der Waals surface area contributed by atoms with Crippen LogP contribution in [0, 0.1) is 12.7 Å². The van der Waals surface area contributed by atoms with Crippen LogP contribution in [-0.4, -0.2) is 35.4 Å². The van der Waals surface area contributed by atoms with Crippen molar-refractivity contribution in [3.8, 4) is 5.75 Å². The van der Waals surface area contributed by atoms with E-state index in [-0.39, 0.29) is 30.3 Å². The summed E-state index contributed by atoms with van der Waals surface area (Å²) in [6.07, 6.45) is 0.804. The Morgan fingerprint density at radius 1 is 1.14 bits per heavy atom. The van der Waals surface area contributed by atoms with E-state index in [2.05, 4.69) is 5.32 Å². The lowest BCUT2D eigenvalue weighted by Crippen LogP contribution is -2.50. The van der Waals surface area contributed by atoms with Crippen molar-refractivity contribution in [2.45, 2.75) is 52.7 Å². The number of rotatable bonds is 9. The molecule has 0 aliphatic rings. The van der Waals surface area contributed by atoms with E-state index in [1.165, 1.54) is 29.2 Å². The van der Waals surface area contributed by atoms with E-state index in [1.807, 2.05) is 45.0 Å². The Morgan fingerprint density at radius 2 is 1.83 bits per heavy atom. The van der Waals surface area contributed by atoms with E-state index in [0.29, 0.717) is 12.3 Å². The Hall–Kier alpha value is -2.89. The van der Waals surface area contributed by atoms with Crippen LogP contribution in [0.25, 0.3) is 0 Å². The van der Waals surface area contributed by atoms with Crippen molar-refractivity contribution in [3.05, 3.63) is 65.5 Å². The first-order valence-corrected chi connectivity index (χ1v) is 9.84. The number of aryl methyl sites for hydroxylation is 1. The van der Waals surface area contributed by atoms with Crippen LogP contribution in [-0.2, 0) is 16.1 Å². The second-order valence-electron chi connectivity index (χ2n) is 7.25. The van der Waals surface area contributed by atoms with Crippen LogP contribution in [0.4, 0.5) is 4.39 Å². The van der Waals surface area contributed by atoms with Gasteiger partial charge in [-0.2, -0.15) is 0 Å². The number of amides is 2. The van der Waals surface area contributed by atoms with Crippen LogP contribution in [0.3, 0.4) is 0 Å². The van der Waals surface area contributed by atoms with Crippen molar-refractivity contribution in [2.75, 3.05) is 6.61 Å². The molecule has 1 N–H and O–H groups in total. The quantitative estimate of drug-likeness (QED) is 0.696. The molecule has 2 amide bonds. The number of benzene rings is 2. The summed E-state index contributed by atoms with van der Waals surface area (Å²) >= 11 is 0. The minimum Gasteiger partial charge on any atom is -0.484 e. The van der Waals surface area contributed by atoms with Crippen LogP contribution >= 0.6 is 0 Å². The van der Waals surface area contributed by atoms with Crippen LogP contribution in [0.2, 0.25) is 0 Å². The van der Waals surface area contributed by atoms with Gasteiger partial charge in [-0.1, -0.05) is 36.8 Å². The minimum absolute atomic E-state index is 0.0244. The molecule has 0 unspecified atom stereocenters. The molecule has 0 bridgehead atoms. The number of carbonyl (C=O) groups is 2. The molecule has 0 aliphatic carbocycles. The molecule has 156 valence electrons. The molecular formula is C23H29FN2O3. The van der Waals surface area contributed by atoms with Gasteiger partial charge in [0.05, 0.1) is 0 Å². The zero-order valence-electron chi connectivity index (χ0n) is 17.4. The maximum atomic E-state index is 13.0. The maximum absolute atomic E-state index is 13.0. The van der Waals surface area contributed by atoms with Gasteiger partial charge in [0.1, 0.15) is 17.6 Å². The highest BCUT2D eigenvalue weighted by Crippen LogP contribution is 2.14. The third-order valence-electron chi connectivity index (χ3n) is 4.78. The Morgan fingerprint density at radius 3 is 2.45 bits per heavy atom. The number of hydrogen-bond acceptors (Lipinski definition) is 3. The lowest BCUT2D eigenvalue weighted by molar-refractivity contribution is -0.142. The summed E-state index contributed by atoms with van der Waals surface area (Å²) in [4.78, 5) is 27.1. The molecule has 2 aromatic carbocycles. The fourth-order valence-corrected chi connectivity index (χ4v) is 2.81. The van der Waals surface area contributed by atoms with Crippen molar-refractivity contribution in [1.29, 1.82) is 0 Å². The predicted octanol–water partition coefficient (Wildman–Crippen LogP) is 3.84. The summed E-state index contributed by atoms with van der Waals surface area (Å²) in [5.41, 5.74) is 2.01. The zero-order valence-corrected chi connectivity index (χ0v) is 17.4. The van der Waals surface area contributed by atoms with Gasteiger partial charge in [0.15, 0.2) is 6.61 Å². The number of hydrogen-bond donors (Lipinski definition) is 1. The average Bonchev–Trinajstić information content (AvgIpc) is 2.70. The summed E-state index contributed by atoms with van der Waals surface area (Å²) in [5, 5.41) is 2.93. The highest BCUT2D eigenvalue weighted by atomic mass is 19.1. The number of halogens is 1. The largest absolute Gasteiger partial charge is 0.484 e. The van der Waals surface area contributed by atoms with Crippen molar-refractivity contribution in [2.24, 2.45) is 0 Å². The summed E-state index contributed by atoms with van der Waals surface area (Å²) in [5.74, 6) is -0.503. The van der Waals surface area contributed by atoms with Crippen molar-refractivity contribution < 1.29 is 18.7 Å². The molecule has 5 nitrogen and oxygen atoms in total. The van der Waals surface area contributed by atoms with Crippen molar-refractivity contribution >= 4 is 11.8 Å². The third-order valence-corrected chi connectivity index (χ3v) is 4.78. The van der Waals surface area contributed by atoms with E-state index < -0.39 is 6.04 Å². The lowest BCUT2D eigenvalue weighted by atomic mass is 10.1. The lowest BCUT2D eigenvalue weighted by Gasteiger charge is -2.29. The summed E-state index contributed by atoms with van der Waals surface area (Å²) < 4.78 is 18.5. The molecular weight excluding hydrogens is 371 g/mol. The molecule has 29 heavy (non-hydrogen) atoms. The van der Waals surface area contributed by atoms with Crippen molar-refractivity contribution in [3.63, 3.8) is 0 Å². The Labute approximate surface area is 171 Å². The fourth-order valence-electron chi connectivity index (χ4n) is 2.81. The highest BCUT2D eigenvalue weighted by molar-refractivity contribution is 5.88. The summed E-state index contributed by atoms with van der Waals surface area (Å²) in [7, 11) is 0. The number of nitrogens with zero attached hydrogens (tertiary/aromatic N) is 1. The normalized spacial score (nSPS) is 12.7. The molecule has 0 aliphatic heterocycles. The summed E-state index contributed by atoms with van der Waals surface area (Å²) in [6, 6.07) is 12.6. The van der Waals surface area contributed by atoms with Gasteiger partial charge in [0.25, 0.3) is 5.91 Å². The Kier molecular flexibility index (Phi) is 8.19. The molecule has 0 spiro atoms. The smallest absolute Gasteiger partial charge is 0.261 e. The van der Waals surface area contributed by atoms with Gasteiger partial charge in [-0.05, 0) is 57.0 Å². The molecule has 0 heterocycles. The Balaban J connectivity index is 2.14. The third kappa shape index (κ3) is 6.89.